The Hall–Kier alpha value is -2.37. The number of rotatable bonds is 1. The van der Waals surface area contributed by atoms with Gasteiger partial charge < -0.3 is 4.98 Å². The zero-order valence-electron chi connectivity index (χ0n) is 9.57. The topological polar surface area (TPSA) is 41.6 Å². The summed E-state index contributed by atoms with van der Waals surface area (Å²) in [7, 11) is 0. The van der Waals surface area contributed by atoms with Gasteiger partial charge in [-0.1, -0.05) is 18.2 Å². The van der Waals surface area contributed by atoms with Crippen LogP contribution in [0.5, 0.6) is 0 Å². The molecule has 3 nitrogen and oxygen atoms in total. The van der Waals surface area contributed by atoms with E-state index in [4.69, 9.17) is 0 Å². The Kier molecular flexibility index (Phi) is 2.51. The van der Waals surface area contributed by atoms with Crippen LogP contribution in [0.4, 0.5) is 13.2 Å². The molecule has 0 fully saturated rings. The highest BCUT2D eigenvalue weighted by molar-refractivity contribution is 5.69. The molecule has 0 saturated carbocycles. The van der Waals surface area contributed by atoms with Crippen LogP contribution in [-0.2, 0) is 6.18 Å². The van der Waals surface area contributed by atoms with Gasteiger partial charge in [0.25, 0.3) is 0 Å². The first-order valence-corrected chi connectivity index (χ1v) is 5.53. The van der Waals surface area contributed by atoms with E-state index in [0.29, 0.717) is 11.5 Å². The van der Waals surface area contributed by atoms with Crippen LogP contribution < -0.4 is 0 Å². The molecule has 0 aliphatic carbocycles. The minimum atomic E-state index is -4.39. The van der Waals surface area contributed by atoms with E-state index >= 15 is 0 Å². The highest BCUT2D eigenvalue weighted by Gasteiger charge is 2.33. The van der Waals surface area contributed by atoms with Gasteiger partial charge in [0.2, 0.25) is 0 Å². The SMILES string of the molecule is FC(F)(F)c1ccccc1-c1ccc2cnnc-2[nH]1. The Morgan fingerprint density at radius 1 is 1.00 bits per heavy atom. The van der Waals surface area contributed by atoms with Crippen molar-refractivity contribution in [1.29, 1.82) is 0 Å². The Morgan fingerprint density at radius 3 is 2.58 bits per heavy atom. The van der Waals surface area contributed by atoms with E-state index in [9.17, 15) is 13.2 Å². The molecule has 0 unspecified atom stereocenters. The summed E-state index contributed by atoms with van der Waals surface area (Å²) in [6.07, 6.45) is -2.84. The van der Waals surface area contributed by atoms with Crippen LogP contribution in [0.15, 0.2) is 42.6 Å². The van der Waals surface area contributed by atoms with Gasteiger partial charge in [0.05, 0.1) is 11.8 Å². The Bertz CT molecular complexity index is 688. The third kappa shape index (κ3) is 2.05. The third-order valence-electron chi connectivity index (χ3n) is 2.83. The number of pyridine rings is 1. The maximum absolute atomic E-state index is 12.9. The molecule has 0 spiro atoms. The molecule has 2 heterocycles. The largest absolute Gasteiger partial charge is 0.417 e. The van der Waals surface area contributed by atoms with Crippen molar-refractivity contribution in [2.45, 2.75) is 6.18 Å². The smallest absolute Gasteiger partial charge is 0.338 e. The van der Waals surface area contributed by atoms with Crippen molar-refractivity contribution in [3.63, 3.8) is 0 Å². The first-order valence-electron chi connectivity index (χ1n) is 5.53. The van der Waals surface area contributed by atoms with Crippen molar-refractivity contribution in [2.24, 2.45) is 0 Å². The van der Waals surface area contributed by atoms with E-state index in [-0.39, 0.29) is 5.56 Å². The number of hydrogen-bond donors (Lipinski definition) is 1. The van der Waals surface area contributed by atoms with Crippen LogP contribution in [0.2, 0.25) is 0 Å². The van der Waals surface area contributed by atoms with Gasteiger partial charge in [0.1, 0.15) is 0 Å². The van der Waals surface area contributed by atoms with Gasteiger partial charge >= 0.3 is 6.18 Å². The molecule has 0 atom stereocenters. The summed E-state index contributed by atoms with van der Waals surface area (Å²) in [6, 6.07) is 8.71. The van der Waals surface area contributed by atoms with E-state index in [1.807, 2.05) is 0 Å². The first-order chi connectivity index (χ1) is 9.05. The number of aromatic nitrogens is 3. The van der Waals surface area contributed by atoms with E-state index in [0.717, 1.165) is 11.6 Å². The number of aromatic amines is 1. The molecular weight excluding hydrogens is 255 g/mol. The summed E-state index contributed by atoms with van der Waals surface area (Å²) in [4.78, 5) is 2.86. The summed E-state index contributed by atoms with van der Waals surface area (Å²) in [6.45, 7) is 0. The average molecular weight is 263 g/mol. The molecule has 0 radical (unpaired) electrons. The maximum atomic E-state index is 12.9. The molecule has 0 saturated heterocycles. The zero-order chi connectivity index (χ0) is 13.5. The molecule has 0 bridgehead atoms. The second kappa shape index (κ2) is 4.08. The molecule has 1 aromatic rings. The number of hydrogen-bond acceptors (Lipinski definition) is 2. The lowest BCUT2D eigenvalue weighted by Gasteiger charge is -2.13. The van der Waals surface area contributed by atoms with Gasteiger partial charge in [-0.2, -0.15) is 18.3 Å². The number of nitrogens with one attached hydrogen (secondary N) is 1. The number of H-pyrrole nitrogens is 1. The molecular formula is C13H8F3N3. The van der Waals surface area contributed by atoms with Gasteiger partial charge in [-0.3, -0.25) is 0 Å². The molecule has 96 valence electrons. The Morgan fingerprint density at radius 2 is 1.79 bits per heavy atom. The van der Waals surface area contributed by atoms with Gasteiger partial charge in [-0.15, -0.1) is 5.10 Å². The first kappa shape index (κ1) is 11.7. The summed E-state index contributed by atoms with van der Waals surface area (Å²) >= 11 is 0. The monoisotopic (exact) mass is 263 g/mol. The van der Waals surface area contributed by atoms with Crippen LogP contribution in [0, 0.1) is 0 Å². The minimum absolute atomic E-state index is 0.0971. The predicted octanol–water partition coefficient (Wildman–Crippen LogP) is 3.60. The molecule has 19 heavy (non-hydrogen) atoms. The number of alkyl halides is 3. The van der Waals surface area contributed by atoms with Crippen molar-refractivity contribution < 1.29 is 13.2 Å². The van der Waals surface area contributed by atoms with Crippen molar-refractivity contribution in [3.05, 3.63) is 48.2 Å². The molecule has 2 aliphatic rings. The fourth-order valence-corrected chi connectivity index (χ4v) is 1.95. The van der Waals surface area contributed by atoms with Crippen LogP contribution >= 0.6 is 0 Å². The molecule has 6 heteroatoms. The lowest BCUT2D eigenvalue weighted by molar-refractivity contribution is -0.137. The highest BCUT2D eigenvalue weighted by atomic mass is 19.4. The van der Waals surface area contributed by atoms with Crippen LogP contribution in [-0.4, -0.2) is 15.2 Å². The number of halogens is 3. The highest BCUT2D eigenvalue weighted by Crippen LogP contribution is 2.36. The zero-order valence-corrected chi connectivity index (χ0v) is 9.57. The van der Waals surface area contributed by atoms with E-state index in [1.165, 1.54) is 12.1 Å². The van der Waals surface area contributed by atoms with Gasteiger partial charge in [0.15, 0.2) is 5.82 Å². The molecule has 1 aromatic carbocycles. The summed E-state index contributed by atoms with van der Waals surface area (Å²) in [5, 5.41) is 7.51. The Balaban J connectivity index is 2.20. The minimum Gasteiger partial charge on any atom is -0.338 e. The second-order valence-corrected chi connectivity index (χ2v) is 4.06. The fraction of sp³-hybridized carbons (Fsp3) is 0.0769. The molecule has 0 amide bonds. The van der Waals surface area contributed by atoms with Crippen LogP contribution in [0.3, 0.4) is 0 Å². The number of fused-ring (bicyclic) bond motifs is 1. The van der Waals surface area contributed by atoms with Crippen LogP contribution in [0.1, 0.15) is 5.56 Å². The maximum Gasteiger partial charge on any atom is 0.417 e. The van der Waals surface area contributed by atoms with E-state index < -0.39 is 11.7 Å². The fourth-order valence-electron chi connectivity index (χ4n) is 1.95. The second-order valence-electron chi connectivity index (χ2n) is 4.06. The molecule has 3 rings (SSSR count). The quantitative estimate of drug-likeness (QED) is 0.728. The van der Waals surface area contributed by atoms with Gasteiger partial charge in [0, 0.05) is 16.8 Å². The van der Waals surface area contributed by atoms with E-state index in [1.54, 1.807) is 24.4 Å². The van der Waals surface area contributed by atoms with Crippen molar-refractivity contribution in [3.8, 4) is 22.6 Å². The van der Waals surface area contributed by atoms with Crippen molar-refractivity contribution >= 4 is 0 Å². The average Bonchev–Trinajstić information content (AvgIpc) is 2.85. The third-order valence-corrected chi connectivity index (χ3v) is 2.83. The number of benzene rings is 1. The molecule has 1 N–H and O–H groups in total. The van der Waals surface area contributed by atoms with Crippen LogP contribution in [0.25, 0.3) is 22.6 Å². The normalized spacial score (nSPS) is 11.9. The summed E-state index contributed by atoms with van der Waals surface area (Å²) < 4.78 is 38.8. The lowest BCUT2D eigenvalue weighted by atomic mass is 10.0. The summed E-state index contributed by atoms with van der Waals surface area (Å²) in [5.41, 5.74) is 0.541. The van der Waals surface area contributed by atoms with Gasteiger partial charge in [-0.25, -0.2) is 0 Å². The predicted molar refractivity (Wildman–Crippen MR) is 63.4 cm³/mol. The van der Waals surface area contributed by atoms with E-state index in [2.05, 4.69) is 15.2 Å². The van der Waals surface area contributed by atoms with Crippen molar-refractivity contribution in [1.82, 2.24) is 15.2 Å². The van der Waals surface area contributed by atoms with Gasteiger partial charge in [-0.05, 0) is 18.2 Å². The number of nitrogens with zero attached hydrogens (tertiary/aromatic N) is 2. The van der Waals surface area contributed by atoms with Crippen molar-refractivity contribution in [2.75, 3.05) is 0 Å². The standard InChI is InChI=1S/C13H8F3N3/c14-13(15,16)10-4-2-1-3-9(10)11-6-5-8-7-17-19-12(8)18-11/h1-7H,(H,17,18,19). The lowest BCUT2D eigenvalue weighted by Crippen LogP contribution is -2.07. The Labute approximate surface area is 106 Å². The molecule has 0 aromatic heterocycles. The summed E-state index contributed by atoms with van der Waals surface area (Å²) in [5.74, 6) is 0.467. The molecule has 2 aliphatic heterocycles.